The van der Waals surface area contributed by atoms with Crippen LogP contribution in [-0.4, -0.2) is 25.0 Å². The van der Waals surface area contributed by atoms with Crippen molar-refractivity contribution in [2.45, 2.75) is 51.4 Å². The van der Waals surface area contributed by atoms with Crippen LogP contribution in [0.15, 0.2) is 10.5 Å². The van der Waals surface area contributed by atoms with Crippen molar-refractivity contribution in [2.24, 2.45) is 4.40 Å². The van der Waals surface area contributed by atoms with Gasteiger partial charge in [-0.25, -0.2) is 8.78 Å². The molecular formula is C16H20F2INO2S. The van der Waals surface area contributed by atoms with E-state index in [4.69, 9.17) is 4.74 Å². The zero-order valence-corrected chi connectivity index (χ0v) is 16.8. The third kappa shape index (κ3) is 3.82. The van der Waals surface area contributed by atoms with E-state index in [2.05, 4.69) is 27.0 Å². The first-order valence-electron chi connectivity index (χ1n) is 7.22. The SMILES string of the molecule is CC(=N[S+]([O-])C(C)(C)C)c1cc(F)c(F)c2c1O[C@@](C)(CI)C2. The molecule has 0 fully saturated rings. The monoisotopic (exact) mass is 455 g/mol. The minimum absolute atomic E-state index is 0.232. The van der Waals surface area contributed by atoms with Gasteiger partial charge >= 0.3 is 0 Å². The molecule has 1 heterocycles. The van der Waals surface area contributed by atoms with E-state index < -0.39 is 33.3 Å². The quantitative estimate of drug-likeness (QED) is 0.294. The summed E-state index contributed by atoms with van der Waals surface area (Å²) in [5.74, 6) is -1.49. The van der Waals surface area contributed by atoms with Crippen LogP contribution >= 0.6 is 22.6 Å². The summed E-state index contributed by atoms with van der Waals surface area (Å²) in [6.45, 7) is 8.91. The van der Waals surface area contributed by atoms with E-state index in [1.807, 2.05) is 6.92 Å². The Balaban J connectivity index is 2.52. The van der Waals surface area contributed by atoms with E-state index in [-0.39, 0.29) is 5.56 Å². The van der Waals surface area contributed by atoms with Gasteiger partial charge in [0.15, 0.2) is 11.6 Å². The largest absolute Gasteiger partial charge is 0.591 e. The molecule has 128 valence electrons. The van der Waals surface area contributed by atoms with Crippen LogP contribution in [0.2, 0.25) is 0 Å². The molecule has 1 aromatic carbocycles. The van der Waals surface area contributed by atoms with Gasteiger partial charge in [-0.15, -0.1) is 0 Å². The Kier molecular flexibility index (Phi) is 5.33. The fraction of sp³-hybridized carbons (Fsp3) is 0.562. The minimum Gasteiger partial charge on any atom is -0.591 e. The lowest BCUT2D eigenvalue weighted by Crippen LogP contribution is -2.32. The van der Waals surface area contributed by atoms with Gasteiger partial charge in [0.2, 0.25) is 0 Å². The van der Waals surface area contributed by atoms with E-state index >= 15 is 0 Å². The van der Waals surface area contributed by atoms with Gasteiger partial charge in [0.25, 0.3) is 0 Å². The summed E-state index contributed by atoms with van der Waals surface area (Å²) in [4.78, 5) is 0. The van der Waals surface area contributed by atoms with Gasteiger partial charge in [-0.2, -0.15) is 0 Å². The van der Waals surface area contributed by atoms with Gasteiger partial charge < -0.3 is 9.29 Å². The number of hydrogen-bond donors (Lipinski definition) is 0. The Bertz CT molecular complexity index is 660. The van der Waals surface area contributed by atoms with Crippen molar-refractivity contribution in [3.05, 3.63) is 28.8 Å². The highest BCUT2D eigenvalue weighted by molar-refractivity contribution is 14.1. The van der Waals surface area contributed by atoms with Gasteiger partial charge in [0, 0.05) is 22.0 Å². The fourth-order valence-electron chi connectivity index (χ4n) is 2.25. The first-order chi connectivity index (χ1) is 10.5. The Labute approximate surface area is 152 Å². The fourth-order valence-corrected chi connectivity index (χ4v) is 3.29. The van der Waals surface area contributed by atoms with E-state index in [0.29, 0.717) is 27.9 Å². The van der Waals surface area contributed by atoms with Crippen molar-refractivity contribution in [3.8, 4) is 5.75 Å². The number of halogens is 3. The molecule has 3 nitrogen and oxygen atoms in total. The normalized spacial score (nSPS) is 22.7. The molecule has 23 heavy (non-hydrogen) atoms. The zero-order chi connectivity index (χ0) is 17.6. The molecule has 1 aliphatic rings. The standard InChI is InChI=1S/C16H20F2INO2S/c1-9(20-23(21)15(2,3)4)10-6-12(17)13(18)11-7-16(5,8-19)22-14(10)11/h6H,7-8H2,1-5H3/t16-,23?/m1/s1. The topological polar surface area (TPSA) is 44.7 Å². The van der Waals surface area contributed by atoms with Gasteiger partial charge in [-0.05, 0) is 40.7 Å². The highest BCUT2D eigenvalue weighted by atomic mass is 127. The lowest BCUT2D eigenvalue weighted by Gasteiger charge is -2.22. The number of fused-ring (bicyclic) bond motifs is 1. The summed E-state index contributed by atoms with van der Waals surface area (Å²) in [6.07, 6.45) is 0.303. The molecule has 0 bridgehead atoms. The van der Waals surface area contributed by atoms with Crippen molar-refractivity contribution in [3.63, 3.8) is 0 Å². The first kappa shape index (κ1) is 18.9. The Morgan fingerprint density at radius 1 is 1.48 bits per heavy atom. The number of nitrogens with zero attached hydrogens (tertiary/aromatic N) is 1. The molecule has 0 saturated carbocycles. The Morgan fingerprint density at radius 3 is 2.61 bits per heavy atom. The van der Waals surface area contributed by atoms with Crippen LogP contribution < -0.4 is 4.74 Å². The van der Waals surface area contributed by atoms with E-state index in [1.54, 1.807) is 27.7 Å². The van der Waals surface area contributed by atoms with Gasteiger partial charge in [0.1, 0.15) is 27.5 Å². The molecule has 7 heteroatoms. The van der Waals surface area contributed by atoms with Crippen molar-refractivity contribution in [2.75, 3.05) is 4.43 Å². The van der Waals surface area contributed by atoms with Crippen LogP contribution in [0.1, 0.15) is 45.7 Å². The van der Waals surface area contributed by atoms with Crippen LogP contribution in [0.25, 0.3) is 0 Å². The number of alkyl halides is 1. The molecule has 0 aliphatic carbocycles. The molecular weight excluding hydrogens is 435 g/mol. The van der Waals surface area contributed by atoms with Crippen molar-refractivity contribution in [1.29, 1.82) is 0 Å². The molecule has 2 rings (SSSR count). The lowest BCUT2D eigenvalue weighted by molar-refractivity contribution is 0.147. The molecule has 0 aromatic heterocycles. The summed E-state index contributed by atoms with van der Waals surface area (Å²) in [7, 11) is 0. The Hall–Kier alpha value is -0.410. The van der Waals surface area contributed by atoms with E-state index in [0.717, 1.165) is 6.07 Å². The third-order valence-electron chi connectivity index (χ3n) is 3.58. The number of ether oxygens (including phenoxy) is 1. The van der Waals surface area contributed by atoms with Crippen molar-refractivity contribution >= 4 is 39.7 Å². The molecule has 0 amide bonds. The number of benzene rings is 1. The average molecular weight is 455 g/mol. The number of rotatable bonds is 3. The predicted octanol–water partition coefficient (Wildman–Crippen LogP) is 4.36. The highest BCUT2D eigenvalue weighted by Crippen LogP contribution is 2.41. The molecule has 1 unspecified atom stereocenters. The summed E-state index contributed by atoms with van der Waals surface area (Å²) < 4.78 is 50.5. The van der Waals surface area contributed by atoms with Gasteiger partial charge in [0.05, 0.1) is 5.71 Å². The predicted molar refractivity (Wildman–Crippen MR) is 98.1 cm³/mol. The Morgan fingerprint density at radius 2 is 2.09 bits per heavy atom. The summed E-state index contributed by atoms with van der Waals surface area (Å²) in [6, 6.07) is 1.08. The maximum atomic E-state index is 14.1. The minimum atomic E-state index is -1.48. The smallest absolute Gasteiger partial charge is 0.165 e. The molecule has 0 radical (unpaired) electrons. The molecule has 0 spiro atoms. The van der Waals surface area contributed by atoms with Gasteiger partial charge in [-0.1, -0.05) is 27.0 Å². The average Bonchev–Trinajstić information content (AvgIpc) is 2.80. The first-order valence-corrected chi connectivity index (χ1v) is 9.85. The van der Waals surface area contributed by atoms with Gasteiger partial charge in [-0.3, -0.25) is 0 Å². The maximum absolute atomic E-state index is 14.1. The van der Waals surface area contributed by atoms with E-state index in [9.17, 15) is 13.3 Å². The van der Waals surface area contributed by atoms with Crippen LogP contribution in [0.3, 0.4) is 0 Å². The summed E-state index contributed by atoms with van der Waals surface area (Å²) >= 11 is 0.682. The molecule has 2 atom stereocenters. The van der Waals surface area contributed by atoms with Crippen LogP contribution in [0.5, 0.6) is 5.75 Å². The molecule has 0 saturated heterocycles. The zero-order valence-electron chi connectivity index (χ0n) is 13.8. The van der Waals surface area contributed by atoms with Crippen LogP contribution in [0, 0.1) is 11.6 Å². The molecule has 1 aromatic rings. The summed E-state index contributed by atoms with van der Waals surface area (Å²) in [5, 5.41) is 0. The molecule has 0 N–H and O–H groups in total. The lowest BCUT2D eigenvalue weighted by atomic mass is 9.98. The second-order valence-corrected chi connectivity index (χ2v) is 9.60. The second kappa shape index (κ2) is 6.48. The van der Waals surface area contributed by atoms with E-state index in [1.165, 1.54) is 0 Å². The second-order valence-electron chi connectivity index (χ2n) is 6.93. The maximum Gasteiger partial charge on any atom is 0.165 e. The number of hydrogen-bond acceptors (Lipinski definition) is 3. The summed E-state index contributed by atoms with van der Waals surface area (Å²) in [5.41, 5.74) is 0.405. The third-order valence-corrected chi connectivity index (χ3v) is 6.68. The molecule has 1 aliphatic heterocycles. The van der Waals surface area contributed by atoms with Crippen LogP contribution in [-0.2, 0) is 17.8 Å². The van der Waals surface area contributed by atoms with Crippen molar-refractivity contribution < 1.29 is 18.1 Å². The van der Waals surface area contributed by atoms with Crippen LogP contribution in [0.4, 0.5) is 8.78 Å². The van der Waals surface area contributed by atoms with Crippen molar-refractivity contribution in [1.82, 2.24) is 0 Å². The highest BCUT2D eigenvalue weighted by Gasteiger charge is 2.39.